The lowest BCUT2D eigenvalue weighted by Crippen LogP contribution is -2.38. The molecular formula is C26H34N4O. The molecule has 5 nitrogen and oxygen atoms in total. The molecule has 0 unspecified atom stereocenters. The molecule has 1 fully saturated rings. The standard InChI is InChI=1S/C26H34N4O/c1-18(2)30-21(5)24(20(4)28-30)16-29-12-13-31-26(17-29)25-11-10-23(15-27-25)14-22-8-6-19(3)7-9-22/h6-11,15,18,26H,12-14,16-17H2,1-5H3/t26-/m1/s1. The van der Waals surface area contributed by atoms with Crippen molar-refractivity contribution in [3.8, 4) is 0 Å². The summed E-state index contributed by atoms with van der Waals surface area (Å²) < 4.78 is 8.22. The first kappa shape index (κ1) is 21.7. The largest absolute Gasteiger partial charge is 0.369 e. The minimum absolute atomic E-state index is 0.0166. The topological polar surface area (TPSA) is 43.2 Å². The zero-order chi connectivity index (χ0) is 22.0. The highest BCUT2D eigenvalue weighted by molar-refractivity contribution is 5.28. The van der Waals surface area contributed by atoms with Crippen LogP contribution in [0.15, 0.2) is 42.6 Å². The van der Waals surface area contributed by atoms with E-state index in [9.17, 15) is 0 Å². The Labute approximate surface area is 186 Å². The minimum Gasteiger partial charge on any atom is -0.369 e. The molecule has 0 saturated carbocycles. The Morgan fingerprint density at radius 1 is 1.03 bits per heavy atom. The minimum atomic E-state index is 0.0166. The van der Waals surface area contributed by atoms with Crippen molar-refractivity contribution in [2.45, 2.75) is 59.7 Å². The number of hydrogen-bond donors (Lipinski definition) is 0. The van der Waals surface area contributed by atoms with Gasteiger partial charge in [-0.15, -0.1) is 0 Å². The van der Waals surface area contributed by atoms with Crippen LogP contribution in [0.4, 0.5) is 0 Å². The lowest BCUT2D eigenvalue weighted by atomic mass is 10.0. The Morgan fingerprint density at radius 3 is 2.42 bits per heavy atom. The number of rotatable bonds is 6. The second-order valence-corrected chi connectivity index (χ2v) is 9.04. The Balaban J connectivity index is 1.41. The summed E-state index contributed by atoms with van der Waals surface area (Å²) in [6.07, 6.45) is 2.92. The second kappa shape index (κ2) is 9.33. The van der Waals surface area contributed by atoms with Gasteiger partial charge in [0.2, 0.25) is 0 Å². The van der Waals surface area contributed by atoms with E-state index in [4.69, 9.17) is 14.8 Å². The van der Waals surface area contributed by atoms with E-state index in [2.05, 4.69) is 80.6 Å². The molecule has 3 aromatic rings. The summed E-state index contributed by atoms with van der Waals surface area (Å²) in [6, 6.07) is 13.4. The molecule has 0 aliphatic carbocycles. The van der Waals surface area contributed by atoms with Gasteiger partial charge >= 0.3 is 0 Å². The molecule has 0 bridgehead atoms. The van der Waals surface area contributed by atoms with Gasteiger partial charge in [-0.25, -0.2) is 0 Å². The van der Waals surface area contributed by atoms with Crippen molar-refractivity contribution in [1.29, 1.82) is 0 Å². The number of aromatic nitrogens is 3. The molecule has 1 aliphatic heterocycles. The smallest absolute Gasteiger partial charge is 0.112 e. The summed E-state index contributed by atoms with van der Waals surface area (Å²) in [5, 5.41) is 4.75. The predicted molar refractivity (Wildman–Crippen MR) is 124 cm³/mol. The van der Waals surface area contributed by atoms with E-state index >= 15 is 0 Å². The van der Waals surface area contributed by atoms with Gasteiger partial charge in [0, 0.05) is 43.1 Å². The molecule has 0 spiro atoms. The van der Waals surface area contributed by atoms with Crippen molar-refractivity contribution in [2.75, 3.05) is 19.7 Å². The summed E-state index contributed by atoms with van der Waals surface area (Å²) in [4.78, 5) is 7.22. The zero-order valence-corrected chi connectivity index (χ0v) is 19.4. The normalized spacial score (nSPS) is 17.4. The Morgan fingerprint density at radius 2 is 1.77 bits per heavy atom. The van der Waals surface area contributed by atoms with Crippen LogP contribution in [0.25, 0.3) is 0 Å². The van der Waals surface area contributed by atoms with Crippen molar-refractivity contribution in [3.63, 3.8) is 0 Å². The van der Waals surface area contributed by atoms with Crippen LogP contribution in [-0.2, 0) is 17.7 Å². The molecular weight excluding hydrogens is 384 g/mol. The first-order valence-electron chi connectivity index (χ1n) is 11.3. The monoisotopic (exact) mass is 418 g/mol. The molecule has 1 aliphatic rings. The first-order valence-corrected chi connectivity index (χ1v) is 11.3. The lowest BCUT2D eigenvalue weighted by Gasteiger charge is -2.32. The average Bonchev–Trinajstić information content (AvgIpc) is 3.05. The number of pyridine rings is 1. The van der Waals surface area contributed by atoms with E-state index < -0.39 is 0 Å². The molecule has 0 amide bonds. The van der Waals surface area contributed by atoms with Crippen LogP contribution in [-0.4, -0.2) is 39.4 Å². The third kappa shape index (κ3) is 5.05. The molecule has 2 aromatic heterocycles. The third-order valence-corrected chi connectivity index (χ3v) is 6.20. The fourth-order valence-corrected chi connectivity index (χ4v) is 4.35. The highest BCUT2D eigenvalue weighted by Gasteiger charge is 2.25. The van der Waals surface area contributed by atoms with Crippen molar-refractivity contribution in [3.05, 3.63) is 81.9 Å². The lowest BCUT2D eigenvalue weighted by molar-refractivity contribution is -0.0351. The van der Waals surface area contributed by atoms with Crippen molar-refractivity contribution in [2.24, 2.45) is 0 Å². The van der Waals surface area contributed by atoms with E-state index in [1.165, 1.54) is 27.9 Å². The number of morpholine rings is 1. The predicted octanol–water partition coefficient (Wildman–Crippen LogP) is 4.95. The third-order valence-electron chi connectivity index (χ3n) is 6.20. The summed E-state index contributed by atoms with van der Waals surface area (Å²) >= 11 is 0. The molecule has 0 radical (unpaired) electrons. The molecule has 1 aromatic carbocycles. The maximum atomic E-state index is 6.08. The molecule has 5 heteroatoms. The van der Waals surface area contributed by atoms with Gasteiger partial charge in [-0.1, -0.05) is 35.9 Å². The fraction of sp³-hybridized carbons (Fsp3) is 0.462. The van der Waals surface area contributed by atoms with Crippen LogP contribution in [0.1, 0.15) is 65.3 Å². The molecule has 3 heterocycles. The SMILES string of the molecule is Cc1ccc(Cc2ccc([C@H]3CN(Cc4c(C)nn(C(C)C)c4C)CCO3)nc2)cc1. The van der Waals surface area contributed by atoms with Gasteiger partial charge in [0.1, 0.15) is 6.10 Å². The van der Waals surface area contributed by atoms with Crippen LogP contribution in [0.2, 0.25) is 0 Å². The molecule has 0 N–H and O–H groups in total. The maximum absolute atomic E-state index is 6.08. The van der Waals surface area contributed by atoms with E-state index in [1.54, 1.807) is 0 Å². The maximum Gasteiger partial charge on any atom is 0.112 e. The zero-order valence-electron chi connectivity index (χ0n) is 19.4. The number of aryl methyl sites for hydroxylation is 2. The number of ether oxygens (including phenoxy) is 1. The van der Waals surface area contributed by atoms with Gasteiger partial charge < -0.3 is 4.74 Å². The van der Waals surface area contributed by atoms with Crippen LogP contribution < -0.4 is 0 Å². The number of benzene rings is 1. The van der Waals surface area contributed by atoms with Gasteiger partial charge in [-0.2, -0.15) is 5.10 Å². The highest BCUT2D eigenvalue weighted by atomic mass is 16.5. The molecule has 1 saturated heterocycles. The van der Waals surface area contributed by atoms with E-state index in [0.29, 0.717) is 6.04 Å². The van der Waals surface area contributed by atoms with Crippen molar-refractivity contribution >= 4 is 0 Å². The number of hydrogen-bond acceptors (Lipinski definition) is 4. The van der Waals surface area contributed by atoms with Crippen molar-refractivity contribution in [1.82, 2.24) is 19.7 Å². The fourth-order valence-electron chi connectivity index (χ4n) is 4.35. The summed E-state index contributed by atoms with van der Waals surface area (Å²) in [6.45, 7) is 14.2. The van der Waals surface area contributed by atoms with Gasteiger partial charge in [-0.05, 0) is 58.2 Å². The molecule has 1 atom stereocenters. The molecule has 164 valence electrons. The Bertz CT molecular complexity index is 1010. The Kier molecular flexibility index (Phi) is 6.54. The van der Waals surface area contributed by atoms with Crippen LogP contribution >= 0.6 is 0 Å². The second-order valence-electron chi connectivity index (χ2n) is 9.04. The van der Waals surface area contributed by atoms with E-state index in [-0.39, 0.29) is 6.10 Å². The molecule has 31 heavy (non-hydrogen) atoms. The van der Waals surface area contributed by atoms with E-state index in [0.717, 1.165) is 44.0 Å². The van der Waals surface area contributed by atoms with Crippen molar-refractivity contribution < 1.29 is 4.74 Å². The van der Waals surface area contributed by atoms with Crippen LogP contribution in [0.3, 0.4) is 0 Å². The van der Waals surface area contributed by atoms with Crippen LogP contribution in [0.5, 0.6) is 0 Å². The quantitative estimate of drug-likeness (QED) is 0.568. The van der Waals surface area contributed by atoms with Gasteiger partial charge in [0.25, 0.3) is 0 Å². The van der Waals surface area contributed by atoms with Crippen LogP contribution in [0, 0.1) is 20.8 Å². The summed E-state index contributed by atoms with van der Waals surface area (Å²) in [5.74, 6) is 0. The van der Waals surface area contributed by atoms with Gasteiger partial charge in [-0.3, -0.25) is 14.6 Å². The molecule has 4 rings (SSSR count). The summed E-state index contributed by atoms with van der Waals surface area (Å²) in [5.41, 5.74) is 8.60. The first-order chi connectivity index (χ1) is 14.9. The van der Waals surface area contributed by atoms with E-state index in [1.807, 2.05) is 6.20 Å². The van der Waals surface area contributed by atoms with Gasteiger partial charge in [0.15, 0.2) is 0 Å². The summed E-state index contributed by atoms with van der Waals surface area (Å²) in [7, 11) is 0. The average molecular weight is 419 g/mol. The van der Waals surface area contributed by atoms with Gasteiger partial charge in [0.05, 0.1) is 18.0 Å². The number of nitrogens with zero attached hydrogens (tertiary/aromatic N) is 4. The Hall–Kier alpha value is -2.50. The highest BCUT2D eigenvalue weighted by Crippen LogP contribution is 2.25.